The number of benzene rings is 2. The third-order valence-electron chi connectivity index (χ3n) is 4.68. The monoisotopic (exact) mass is 378 g/mol. The Balaban J connectivity index is 1.69. The van der Waals surface area contributed by atoms with Gasteiger partial charge in [-0.3, -0.25) is 9.78 Å². The van der Waals surface area contributed by atoms with Gasteiger partial charge in [-0.15, -0.1) is 0 Å². The minimum Gasteiger partial charge on any atom is -0.382 e. The Hall–Kier alpha value is -3.32. The highest BCUT2D eigenvalue weighted by Gasteiger charge is 2.21. The fraction of sp³-hybridized carbons (Fsp3) is 0.190. The lowest BCUT2D eigenvalue weighted by Gasteiger charge is -2.27. The number of anilines is 1. The lowest BCUT2D eigenvalue weighted by atomic mass is 9.97. The molecule has 2 N–H and O–H groups in total. The van der Waals surface area contributed by atoms with Crippen LogP contribution in [-0.4, -0.2) is 47.1 Å². The second-order valence-corrected chi connectivity index (χ2v) is 6.47. The van der Waals surface area contributed by atoms with Gasteiger partial charge in [0.2, 0.25) is 0 Å². The summed E-state index contributed by atoms with van der Waals surface area (Å²) >= 11 is 0. The number of hydrogen-bond donors (Lipinski definition) is 1. The molecule has 1 aliphatic heterocycles. The molecule has 0 radical (unpaired) electrons. The van der Waals surface area contributed by atoms with Gasteiger partial charge in [0.1, 0.15) is 11.6 Å². The van der Waals surface area contributed by atoms with Crippen LogP contribution in [0.3, 0.4) is 0 Å². The molecular formula is C21H19FN4O2. The number of rotatable bonds is 3. The topological polar surface area (TPSA) is 81.3 Å². The minimum atomic E-state index is -0.440. The Morgan fingerprint density at radius 3 is 2.54 bits per heavy atom. The van der Waals surface area contributed by atoms with Crippen molar-refractivity contribution < 1.29 is 13.9 Å². The fourth-order valence-corrected chi connectivity index (χ4v) is 3.23. The molecule has 4 rings (SSSR count). The summed E-state index contributed by atoms with van der Waals surface area (Å²) in [7, 11) is 0. The third kappa shape index (κ3) is 3.57. The molecule has 142 valence electrons. The van der Waals surface area contributed by atoms with E-state index in [0.29, 0.717) is 54.3 Å². The van der Waals surface area contributed by atoms with Crippen molar-refractivity contribution in [1.29, 1.82) is 0 Å². The highest BCUT2D eigenvalue weighted by Crippen LogP contribution is 2.29. The van der Waals surface area contributed by atoms with Gasteiger partial charge in [0.15, 0.2) is 0 Å². The van der Waals surface area contributed by atoms with E-state index in [2.05, 4.69) is 9.97 Å². The highest BCUT2D eigenvalue weighted by atomic mass is 19.1. The van der Waals surface area contributed by atoms with Crippen LogP contribution in [0.1, 0.15) is 10.4 Å². The molecule has 3 aromatic rings. The molecule has 28 heavy (non-hydrogen) atoms. The number of ether oxygens (including phenoxy) is 1. The molecule has 0 unspecified atom stereocenters. The lowest BCUT2D eigenvalue weighted by molar-refractivity contribution is 0.0303. The summed E-state index contributed by atoms with van der Waals surface area (Å²) in [5.41, 5.74) is 8.12. The van der Waals surface area contributed by atoms with E-state index in [-0.39, 0.29) is 11.7 Å². The Labute approximate surface area is 161 Å². The van der Waals surface area contributed by atoms with Gasteiger partial charge in [0, 0.05) is 24.2 Å². The summed E-state index contributed by atoms with van der Waals surface area (Å²) in [6.45, 7) is 2.16. The molecule has 1 aliphatic rings. The molecule has 1 fully saturated rings. The van der Waals surface area contributed by atoms with Crippen molar-refractivity contribution in [2.24, 2.45) is 0 Å². The van der Waals surface area contributed by atoms with Crippen LogP contribution in [0.4, 0.5) is 10.2 Å². The number of aromatic nitrogens is 2. The standard InChI is InChI=1S/C21H19FN4O2/c22-18-11-14(5-6-17(18)19-12-25-20(23)13-24-19)15-3-1-2-4-16(15)21(27)26-7-9-28-10-8-26/h1-6,11-13H,7-10H2,(H2,23,25). The predicted molar refractivity (Wildman–Crippen MR) is 104 cm³/mol. The summed E-state index contributed by atoms with van der Waals surface area (Å²) in [6, 6.07) is 12.1. The zero-order valence-corrected chi connectivity index (χ0v) is 15.1. The molecule has 0 aliphatic carbocycles. The number of nitrogens with zero attached hydrogens (tertiary/aromatic N) is 3. The quantitative estimate of drug-likeness (QED) is 0.758. The van der Waals surface area contributed by atoms with Crippen LogP contribution in [0, 0.1) is 5.82 Å². The number of amides is 1. The first-order chi connectivity index (χ1) is 13.6. The van der Waals surface area contributed by atoms with Crippen molar-refractivity contribution in [3.8, 4) is 22.4 Å². The SMILES string of the molecule is Nc1cnc(-c2ccc(-c3ccccc3C(=O)N3CCOCC3)cc2F)cn1. The smallest absolute Gasteiger partial charge is 0.254 e. The number of carbonyl (C=O) groups is 1. The average Bonchev–Trinajstić information content (AvgIpc) is 2.74. The van der Waals surface area contributed by atoms with E-state index in [1.807, 2.05) is 18.2 Å². The number of hydrogen-bond acceptors (Lipinski definition) is 5. The first-order valence-corrected chi connectivity index (χ1v) is 8.97. The van der Waals surface area contributed by atoms with Crippen LogP contribution in [0.15, 0.2) is 54.9 Å². The lowest BCUT2D eigenvalue weighted by Crippen LogP contribution is -2.40. The maximum Gasteiger partial charge on any atom is 0.254 e. The molecule has 1 aromatic heterocycles. The maximum absolute atomic E-state index is 14.8. The Morgan fingerprint density at radius 2 is 1.82 bits per heavy atom. The number of morpholine rings is 1. The molecule has 0 spiro atoms. The van der Waals surface area contributed by atoms with Crippen molar-refractivity contribution in [2.45, 2.75) is 0 Å². The Morgan fingerprint density at radius 1 is 1.04 bits per heavy atom. The second-order valence-electron chi connectivity index (χ2n) is 6.47. The number of nitrogen functional groups attached to an aromatic ring is 1. The molecule has 6 nitrogen and oxygen atoms in total. The summed E-state index contributed by atoms with van der Waals surface area (Å²) < 4.78 is 20.1. The number of carbonyl (C=O) groups excluding carboxylic acids is 1. The van der Waals surface area contributed by atoms with E-state index in [9.17, 15) is 9.18 Å². The van der Waals surface area contributed by atoms with E-state index in [1.54, 1.807) is 23.1 Å². The Kier molecular flexibility index (Phi) is 4.99. The van der Waals surface area contributed by atoms with Gasteiger partial charge in [-0.1, -0.05) is 24.3 Å². The van der Waals surface area contributed by atoms with Gasteiger partial charge in [-0.25, -0.2) is 9.37 Å². The molecule has 0 bridgehead atoms. The van der Waals surface area contributed by atoms with Crippen LogP contribution in [0.2, 0.25) is 0 Å². The first kappa shape index (κ1) is 18.1. The zero-order chi connectivity index (χ0) is 19.5. The van der Waals surface area contributed by atoms with Crippen molar-refractivity contribution >= 4 is 11.7 Å². The van der Waals surface area contributed by atoms with Crippen molar-refractivity contribution in [3.05, 3.63) is 66.2 Å². The van der Waals surface area contributed by atoms with Crippen LogP contribution in [-0.2, 0) is 4.74 Å². The third-order valence-corrected chi connectivity index (χ3v) is 4.68. The number of halogens is 1. The maximum atomic E-state index is 14.8. The molecule has 1 saturated heterocycles. The molecule has 2 heterocycles. The summed E-state index contributed by atoms with van der Waals surface area (Å²) in [5, 5.41) is 0. The van der Waals surface area contributed by atoms with Crippen LogP contribution >= 0.6 is 0 Å². The van der Waals surface area contributed by atoms with E-state index in [1.165, 1.54) is 18.5 Å². The fourth-order valence-electron chi connectivity index (χ4n) is 3.23. The van der Waals surface area contributed by atoms with Crippen LogP contribution in [0.5, 0.6) is 0 Å². The van der Waals surface area contributed by atoms with E-state index in [4.69, 9.17) is 10.5 Å². The number of nitrogens with two attached hydrogens (primary N) is 1. The normalized spacial score (nSPS) is 14.1. The van der Waals surface area contributed by atoms with E-state index < -0.39 is 5.82 Å². The molecule has 1 amide bonds. The predicted octanol–water partition coefficient (Wildman–Crippen LogP) is 3.00. The van der Waals surface area contributed by atoms with Gasteiger partial charge in [-0.2, -0.15) is 0 Å². The Bertz CT molecular complexity index is 1000. The summed E-state index contributed by atoms with van der Waals surface area (Å²) in [6.07, 6.45) is 2.82. The van der Waals surface area contributed by atoms with Gasteiger partial charge < -0.3 is 15.4 Å². The molecule has 0 saturated carbocycles. The second kappa shape index (κ2) is 7.74. The zero-order valence-electron chi connectivity index (χ0n) is 15.1. The van der Waals surface area contributed by atoms with Crippen molar-refractivity contribution in [1.82, 2.24) is 14.9 Å². The first-order valence-electron chi connectivity index (χ1n) is 8.97. The van der Waals surface area contributed by atoms with Crippen molar-refractivity contribution in [2.75, 3.05) is 32.0 Å². The van der Waals surface area contributed by atoms with E-state index >= 15 is 0 Å². The van der Waals surface area contributed by atoms with Gasteiger partial charge in [0.25, 0.3) is 5.91 Å². The van der Waals surface area contributed by atoms with Gasteiger partial charge >= 0.3 is 0 Å². The highest BCUT2D eigenvalue weighted by molar-refractivity contribution is 6.01. The molecule has 0 atom stereocenters. The molecule has 7 heteroatoms. The van der Waals surface area contributed by atoms with E-state index in [0.717, 1.165) is 0 Å². The average molecular weight is 378 g/mol. The largest absolute Gasteiger partial charge is 0.382 e. The van der Waals surface area contributed by atoms with Crippen molar-refractivity contribution in [3.63, 3.8) is 0 Å². The van der Waals surface area contributed by atoms with Gasteiger partial charge in [0.05, 0.1) is 31.3 Å². The van der Waals surface area contributed by atoms with Crippen LogP contribution in [0.25, 0.3) is 22.4 Å². The molecular weight excluding hydrogens is 359 g/mol. The minimum absolute atomic E-state index is 0.0761. The summed E-state index contributed by atoms with van der Waals surface area (Å²) in [5.74, 6) is -0.241. The van der Waals surface area contributed by atoms with Crippen LogP contribution < -0.4 is 5.73 Å². The summed E-state index contributed by atoms with van der Waals surface area (Å²) in [4.78, 5) is 22.8. The van der Waals surface area contributed by atoms with Gasteiger partial charge in [-0.05, 0) is 29.3 Å². The molecule has 2 aromatic carbocycles.